The number of aliphatic hydroxyl groups is 1. The SMILES string of the molecule is CC(=O)NC(CC(=O)NCc1ccc(CN2CCC(O)CC2)cc1)c1ccc(Cl)cc1. The van der Waals surface area contributed by atoms with Gasteiger partial charge in [-0.05, 0) is 41.7 Å². The number of carbonyl (C=O) groups excluding carboxylic acids is 2. The van der Waals surface area contributed by atoms with Crippen molar-refractivity contribution in [3.8, 4) is 0 Å². The van der Waals surface area contributed by atoms with E-state index >= 15 is 0 Å². The largest absolute Gasteiger partial charge is 0.393 e. The molecule has 0 bridgehead atoms. The minimum atomic E-state index is -0.403. The highest BCUT2D eigenvalue weighted by Crippen LogP contribution is 2.20. The van der Waals surface area contributed by atoms with E-state index in [0.717, 1.165) is 43.6 Å². The van der Waals surface area contributed by atoms with Crippen LogP contribution >= 0.6 is 11.6 Å². The van der Waals surface area contributed by atoms with Gasteiger partial charge in [-0.25, -0.2) is 0 Å². The Kier molecular flexibility index (Phi) is 8.46. The molecular formula is C24H30ClN3O3. The Morgan fingerprint density at radius 2 is 1.68 bits per heavy atom. The van der Waals surface area contributed by atoms with Crippen LogP contribution in [0.2, 0.25) is 5.02 Å². The van der Waals surface area contributed by atoms with E-state index in [4.69, 9.17) is 11.6 Å². The van der Waals surface area contributed by atoms with Crippen molar-refractivity contribution < 1.29 is 14.7 Å². The van der Waals surface area contributed by atoms with Gasteiger partial charge in [0.2, 0.25) is 11.8 Å². The van der Waals surface area contributed by atoms with Crippen LogP contribution in [0, 0.1) is 0 Å². The number of hydrogen-bond acceptors (Lipinski definition) is 4. The molecule has 0 aliphatic carbocycles. The third kappa shape index (κ3) is 7.65. The van der Waals surface area contributed by atoms with Crippen molar-refractivity contribution in [2.75, 3.05) is 13.1 Å². The number of hydrogen-bond donors (Lipinski definition) is 3. The van der Waals surface area contributed by atoms with Crippen LogP contribution in [0.4, 0.5) is 0 Å². The summed E-state index contributed by atoms with van der Waals surface area (Å²) in [4.78, 5) is 26.4. The summed E-state index contributed by atoms with van der Waals surface area (Å²) in [6.45, 7) is 4.58. The lowest BCUT2D eigenvalue weighted by Crippen LogP contribution is -2.35. The molecule has 2 amide bonds. The average Bonchev–Trinajstić information content (AvgIpc) is 2.75. The van der Waals surface area contributed by atoms with E-state index in [1.54, 1.807) is 12.1 Å². The molecule has 1 atom stereocenters. The lowest BCUT2D eigenvalue weighted by Gasteiger charge is -2.29. The molecule has 3 rings (SSSR count). The predicted molar refractivity (Wildman–Crippen MR) is 121 cm³/mol. The number of benzene rings is 2. The lowest BCUT2D eigenvalue weighted by molar-refractivity contribution is -0.122. The first-order valence-corrected chi connectivity index (χ1v) is 11.0. The van der Waals surface area contributed by atoms with Gasteiger partial charge in [-0.15, -0.1) is 0 Å². The van der Waals surface area contributed by atoms with Crippen LogP contribution in [0.1, 0.15) is 48.9 Å². The number of carbonyl (C=O) groups is 2. The molecule has 0 radical (unpaired) electrons. The number of nitrogens with zero attached hydrogens (tertiary/aromatic N) is 1. The zero-order valence-corrected chi connectivity index (χ0v) is 18.6. The highest BCUT2D eigenvalue weighted by atomic mass is 35.5. The maximum Gasteiger partial charge on any atom is 0.222 e. The lowest BCUT2D eigenvalue weighted by atomic mass is 10.0. The summed E-state index contributed by atoms with van der Waals surface area (Å²) in [7, 11) is 0. The second-order valence-corrected chi connectivity index (χ2v) is 8.55. The van der Waals surface area contributed by atoms with E-state index in [1.807, 2.05) is 24.3 Å². The molecule has 1 aliphatic rings. The Morgan fingerprint density at radius 3 is 2.29 bits per heavy atom. The Labute approximate surface area is 188 Å². The van der Waals surface area contributed by atoms with E-state index in [0.29, 0.717) is 11.6 Å². The number of nitrogens with one attached hydrogen (secondary N) is 2. The third-order valence-electron chi connectivity index (χ3n) is 5.52. The molecule has 7 heteroatoms. The molecule has 166 valence electrons. The fourth-order valence-corrected chi connectivity index (χ4v) is 3.88. The molecule has 1 heterocycles. The Hall–Kier alpha value is -2.41. The van der Waals surface area contributed by atoms with Crippen molar-refractivity contribution in [2.45, 2.75) is 51.4 Å². The fourth-order valence-electron chi connectivity index (χ4n) is 3.75. The molecule has 1 unspecified atom stereocenters. The molecule has 0 spiro atoms. The number of piperidine rings is 1. The summed E-state index contributed by atoms with van der Waals surface area (Å²) in [6.07, 6.45) is 1.66. The van der Waals surface area contributed by atoms with Gasteiger partial charge in [0.15, 0.2) is 0 Å². The molecule has 0 aromatic heterocycles. The first-order valence-electron chi connectivity index (χ1n) is 10.7. The molecule has 0 saturated carbocycles. The van der Waals surface area contributed by atoms with Crippen molar-refractivity contribution >= 4 is 23.4 Å². The van der Waals surface area contributed by atoms with E-state index in [9.17, 15) is 14.7 Å². The van der Waals surface area contributed by atoms with Gasteiger partial charge in [-0.2, -0.15) is 0 Å². The van der Waals surface area contributed by atoms with E-state index in [-0.39, 0.29) is 24.3 Å². The summed E-state index contributed by atoms with van der Waals surface area (Å²) in [5.74, 6) is -0.323. The quantitative estimate of drug-likeness (QED) is 0.585. The van der Waals surface area contributed by atoms with Crippen molar-refractivity contribution in [2.24, 2.45) is 0 Å². The van der Waals surface area contributed by atoms with Crippen molar-refractivity contribution in [1.29, 1.82) is 0 Å². The van der Waals surface area contributed by atoms with Gasteiger partial charge in [-0.3, -0.25) is 14.5 Å². The van der Waals surface area contributed by atoms with Crippen molar-refractivity contribution in [3.05, 3.63) is 70.2 Å². The standard InChI is InChI=1S/C24H30ClN3O3/c1-17(29)27-23(20-6-8-21(25)9-7-20)14-24(31)26-15-18-2-4-19(5-3-18)16-28-12-10-22(30)11-13-28/h2-9,22-23,30H,10-16H2,1H3,(H,26,31)(H,27,29). The summed E-state index contributed by atoms with van der Waals surface area (Å²) in [5.41, 5.74) is 3.08. The van der Waals surface area contributed by atoms with E-state index in [2.05, 4.69) is 27.7 Å². The topological polar surface area (TPSA) is 81.7 Å². The summed E-state index contributed by atoms with van der Waals surface area (Å²) >= 11 is 5.94. The maximum absolute atomic E-state index is 12.5. The highest BCUT2D eigenvalue weighted by molar-refractivity contribution is 6.30. The number of amides is 2. The highest BCUT2D eigenvalue weighted by Gasteiger charge is 2.18. The minimum Gasteiger partial charge on any atom is -0.393 e. The number of rotatable bonds is 8. The number of aliphatic hydroxyl groups excluding tert-OH is 1. The number of likely N-dealkylation sites (tertiary alicyclic amines) is 1. The second kappa shape index (κ2) is 11.3. The van der Waals surface area contributed by atoms with Crippen LogP contribution in [-0.4, -0.2) is 41.0 Å². The molecule has 31 heavy (non-hydrogen) atoms. The van der Waals surface area contributed by atoms with Crippen LogP contribution in [0.25, 0.3) is 0 Å². The van der Waals surface area contributed by atoms with Crippen LogP contribution in [0.5, 0.6) is 0 Å². The van der Waals surface area contributed by atoms with Crippen molar-refractivity contribution in [1.82, 2.24) is 15.5 Å². The van der Waals surface area contributed by atoms with Gasteiger partial charge in [0.05, 0.1) is 18.6 Å². The van der Waals surface area contributed by atoms with Gasteiger partial charge in [-0.1, -0.05) is 48.0 Å². The van der Waals surface area contributed by atoms with E-state index in [1.165, 1.54) is 12.5 Å². The first kappa shape index (κ1) is 23.3. The first-order chi connectivity index (χ1) is 14.9. The van der Waals surface area contributed by atoms with E-state index < -0.39 is 6.04 Å². The van der Waals surface area contributed by atoms with Gasteiger partial charge in [0.25, 0.3) is 0 Å². The normalized spacial score (nSPS) is 16.0. The van der Waals surface area contributed by atoms with Crippen LogP contribution in [-0.2, 0) is 22.7 Å². The minimum absolute atomic E-state index is 0.135. The fraction of sp³-hybridized carbons (Fsp3) is 0.417. The third-order valence-corrected chi connectivity index (χ3v) is 5.77. The van der Waals surface area contributed by atoms with Gasteiger partial charge >= 0.3 is 0 Å². The molecular weight excluding hydrogens is 414 g/mol. The smallest absolute Gasteiger partial charge is 0.222 e. The molecule has 3 N–H and O–H groups in total. The zero-order chi connectivity index (χ0) is 22.2. The molecule has 6 nitrogen and oxygen atoms in total. The zero-order valence-electron chi connectivity index (χ0n) is 17.8. The van der Waals surface area contributed by atoms with Gasteiger partial charge in [0.1, 0.15) is 0 Å². The van der Waals surface area contributed by atoms with Gasteiger partial charge in [0, 0.05) is 38.1 Å². The van der Waals surface area contributed by atoms with Crippen molar-refractivity contribution in [3.63, 3.8) is 0 Å². The molecule has 1 saturated heterocycles. The Bertz CT molecular complexity index is 863. The summed E-state index contributed by atoms with van der Waals surface area (Å²) in [5, 5.41) is 16.0. The monoisotopic (exact) mass is 443 g/mol. The average molecular weight is 444 g/mol. The predicted octanol–water partition coefficient (Wildman–Crippen LogP) is 3.18. The van der Waals surface area contributed by atoms with Crippen LogP contribution < -0.4 is 10.6 Å². The summed E-state index contributed by atoms with van der Waals surface area (Å²) < 4.78 is 0. The summed E-state index contributed by atoms with van der Waals surface area (Å²) in [6, 6.07) is 14.9. The molecule has 1 aliphatic heterocycles. The van der Waals surface area contributed by atoms with Crippen LogP contribution in [0.3, 0.4) is 0 Å². The second-order valence-electron chi connectivity index (χ2n) is 8.11. The number of halogens is 1. The van der Waals surface area contributed by atoms with Gasteiger partial charge < -0.3 is 15.7 Å². The Balaban J connectivity index is 1.49. The Morgan fingerprint density at radius 1 is 1.06 bits per heavy atom. The molecule has 2 aromatic carbocycles. The maximum atomic E-state index is 12.5. The molecule has 2 aromatic rings. The van der Waals surface area contributed by atoms with Crippen LogP contribution in [0.15, 0.2) is 48.5 Å². The molecule has 1 fully saturated rings.